The van der Waals surface area contributed by atoms with Crippen LogP contribution >= 0.6 is 0 Å². The number of ether oxygens (including phenoxy) is 4. The molecule has 0 aliphatic carbocycles. The number of hydrogen-bond donors (Lipinski definition) is 5. The van der Waals surface area contributed by atoms with Crippen molar-refractivity contribution in [3.8, 4) is 0 Å². The third-order valence-electron chi connectivity index (χ3n) is 7.01. The fourth-order valence-corrected chi connectivity index (χ4v) is 4.42. The van der Waals surface area contributed by atoms with E-state index in [9.17, 15) is 29.1 Å². The molecule has 3 amide bonds. The van der Waals surface area contributed by atoms with Crippen LogP contribution in [0.4, 0.5) is 0 Å². The lowest BCUT2D eigenvalue weighted by Gasteiger charge is -2.14. The highest BCUT2D eigenvalue weighted by Gasteiger charge is 2.20. The van der Waals surface area contributed by atoms with Crippen molar-refractivity contribution in [3.05, 3.63) is 0 Å². The number of nitrogens with one attached hydrogen (secondary N) is 3. The van der Waals surface area contributed by atoms with Crippen molar-refractivity contribution in [1.29, 1.82) is 0 Å². The van der Waals surface area contributed by atoms with Crippen LogP contribution in [-0.4, -0.2) is 112 Å². The first kappa shape index (κ1) is 43.2. The van der Waals surface area contributed by atoms with Gasteiger partial charge in [-0.2, -0.15) is 0 Å². The topological polar surface area (TPSA) is 199 Å². The van der Waals surface area contributed by atoms with Gasteiger partial charge in [0.15, 0.2) is 0 Å². The zero-order chi connectivity index (χ0) is 34.1. The van der Waals surface area contributed by atoms with Gasteiger partial charge in [-0.25, -0.2) is 4.79 Å². The predicted octanol–water partition coefficient (Wildman–Crippen LogP) is 2.81. The summed E-state index contributed by atoms with van der Waals surface area (Å²) in [6.07, 6.45) is 12.9. The van der Waals surface area contributed by atoms with Crippen LogP contribution in [0.15, 0.2) is 0 Å². The zero-order valence-electron chi connectivity index (χ0n) is 27.8. The number of carboxylic acid groups (broad SMARTS) is 2. The fourth-order valence-electron chi connectivity index (χ4n) is 4.42. The van der Waals surface area contributed by atoms with Crippen LogP contribution in [0.5, 0.6) is 0 Å². The Hall–Kier alpha value is -2.81. The first-order valence-corrected chi connectivity index (χ1v) is 16.8. The summed E-state index contributed by atoms with van der Waals surface area (Å²) in [6.45, 7) is 2.57. The van der Waals surface area contributed by atoms with Gasteiger partial charge in [0.2, 0.25) is 17.7 Å². The van der Waals surface area contributed by atoms with E-state index >= 15 is 0 Å². The van der Waals surface area contributed by atoms with Crippen LogP contribution < -0.4 is 16.0 Å². The molecule has 0 radical (unpaired) electrons. The largest absolute Gasteiger partial charge is 0.481 e. The van der Waals surface area contributed by atoms with Crippen molar-refractivity contribution in [1.82, 2.24) is 16.0 Å². The van der Waals surface area contributed by atoms with Gasteiger partial charge in [0.05, 0.1) is 39.6 Å². The van der Waals surface area contributed by atoms with Crippen LogP contribution in [-0.2, 0) is 42.9 Å². The number of methoxy groups -OCH3 is 1. The average Bonchev–Trinajstić information content (AvgIpc) is 3.02. The Labute approximate surface area is 274 Å². The second-order valence-electron chi connectivity index (χ2n) is 11.1. The number of unbranched alkanes of at least 4 members (excludes halogenated alkanes) is 11. The van der Waals surface area contributed by atoms with E-state index in [1.165, 1.54) is 19.3 Å². The maximum Gasteiger partial charge on any atom is 0.326 e. The molecule has 0 aliphatic rings. The van der Waals surface area contributed by atoms with Crippen molar-refractivity contribution < 1.29 is 53.1 Å². The zero-order valence-corrected chi connectivity index (χ0v) is 27.8. The molecule has 1 unspecified atom stereocenters. The van der Waals surface area contributed by atoms with E-state index in [0.29, 0.717) is 32.8 Å². The predicted molar refractivity (Wildman–Crippen MR) is 171 cm³/mol. The van der Waals surface area contributed by atoms with Crippen molar-refractivity contribution >= 4 is 29.7 Å². The van der Waals surface area contributed by atoms with Crippen molar-refractivity contribution in [2.24, 2.45) is 0 Å². The first-order valence-electron chi connectivity index (χ1n) is 16.8. The van der Waals surface area contributed by atoms with E-state index in [1.54, 1.807) is 7.11 Å². The van der Waals surface area contributed by atoms with Crippen LogP contribution in [0.3, 0.4) is 0 Å². The second-order valence-corrected chi connectivity index (χ2v) is 11.1. The molecule has 0 spiro atoms. The van der Waals surface area contributed by atoms with Crippen molar-refractivity contribution in [2.75, 3.05) is 66.4 Å². The molecular weight excluding hydrogens is 602 g/mol. The third-order valence-corrected chi connectivity index (χ3v) is 7.01. The molecule has 46 heavy (non-hydrogen) atoms. The van der Waals surface area contributed by atoms with Gasteiger partial charge in [0.25, 0.3) is 0 Å². The second kappa shape index (κ2) is 32.1. The van der Waals surface area contributed by atoms with Crippen LogP contribution in [0.25, 0.3) is 0 Å². The highest BCUT2D eigenvalue weighted by molar-refractivity contribution is 5.84. The van der Waals surface area contributed by atoms with Gasteiger partial charge in [-0.15, -0.1) is 0 Å². The first-order chi connectivity index (χ1) is 22.3. The van der Waals surface area contributed by atoms with Gasteiger partial charge < -0.3 is 45.1 Å². The van der Waals surface area contributed by atoms with Gasteiger partial charge in [-0.05, 0) is 19.3 Å². The summed E-state index contributed by atoms with van der Waals surface area (Å²) >= 11 is 0. The van der Waals surface area contributed by atoms with Crippen LogP contribution in [0.2, 0.25) is 0 Å². The van der Waals surface area contributed by atoms with Gasteiger partial charge in [-0.1, -0.05) is 64.2 Å². The van der Waals surface area contributed by atoms with E-state index in [1.807, 2.05) is 0 Å². The molecule has 0 aromatic carbocycles. The highest BCUT2D eigenvalue weighted by Crippen LogP contribution is 2.13. The molecule has 0 bridgehead atoms. The lowest BCUT2D eigenvalue weighted by Crippen LogP contribution is -2.41. The molecule has 14 heteroatoms. The number of rotatable bonds is 34. The van der Waals surface area contributed by atoms with Gasteiger partial charge in [-0.3, -0.25) is 19.2 Å². The smallest absolute Gasteiger partial charge is 0.326 e. The monoisotopic (exact) mass is 661 g/mol. The minimum atomic E-state index is -1.17. The maximum absolute atomic E-state index is 12.2. The molecule has 5 N–H and O–H groups in total. The van der Waals surface area contributed by atoms with Crippen LogP contribution in [0, 0.1) is 0 Å². The molecule has 0 fully saturated rings. The van der Waals surface area contributed by atoms with E-state index in [2.05, 4.69) is 16.0 Å². The highest BCUT2D eigenvalue weighted by atomic mass is 16.5. The SMILES string of the molecule is COCCOCCNC(=O)COCCOCCNC(=O)CCC(NC(=O)CCCCCCCCCCCCCCC(=O)O)C(=O)O. The van der Waals surface area contributed by atoms with Crippen molar-refractivity contribution in [2.45, 2.75) is 109 Å². The molecule has 0 saturated heterocycles. The lowest BCUT2D eigenvalue weighted by atomic mass is 10.0. The Morgan fingerprint density at radius 1 is 0.543 bits per heavy atom. The lowest BCUT2D eigenvalue weighted by molar-refractivity contribution is -0.142. The normalized spacial score (nSPS) is 11.6. The molecule has 14 nitrogen and oxygen atoms in total. The molecular formula is C32H59N3O11. The Bertz CT molecular complexity index is 814. The number of carboxylic acids is 2. The third kappa shape index (κ3) is 31.2. The fraction of sp³-hybridized carbons (Fsp3) is 0.844. The molecule has 268 valence electrons. The molecule has 0 heterocycles. The van der Waals surface area contributed by atoms with E-state index in [4.69, 9.17) is 24.1 Å². The molecule has 0 saturated carbocycles. The number of hydrogen-bond acceptors (Lipinski definition) is 9. The number of carbonyl (C=O) groups is 5. The van der Waals surface area contributed by atoms with Gasteiger partial charge in [0, 0.05) is 39.5 Å². The summed E-state index contributed by atoms with van der Waals surface area (Å²) in [6, 6.07) is -1.12. The summed E-state index contributed by atoms with van der Waals surface area (Å²) in [5.74, 6) is -2.81. The Morgan fingerprint density at radius 2 is 1.02 bits per heavy atom. The van der Waals surface area contributed by atoms with Gasteiger partial charge >= 0.3 is 11.9 Å². The molecule has 1 atom stereocenters. The Balaban J connectivity index is 3.69. The summed E-state index contributed by atoms with van der Waals surface area (Å²) < 4.78 is 20.7. The summed E-state index contributed by atoms with van der Waals surface area (Å²) in [5.41, 5.74) is 0. The quantitative estimate of drug-likeness (QED) is 0.0636. The number of carbonyl (C=O) groups excluding carboxylic acids is 3. The van der Waals surface area contributed by atoms with E-state index < -0.39 is 18.0 Å². The summed E-state index contributed by atoms with van der Waals surface area (Å²) in [7, 11) is 1.58. The molecule has 0 rings (SSSR count). The standard InChI is InChI=1S/C32H59N3O11/c1-43-22-23-44-21-19-34-30(38)26-46-25-24-45-20-18-33-28(36)17-16-27(32(41)42)35-29(37)14-12-10-8-6-4-2-3-5-7-9-11-13-15-31(39)40/h27H,2-26H2,1H3,(H,33,36)(H,34,38)(H,35,37)(H,39,40)(H,41,42). The minimum Gasteiger partial charge on any atom is -0.481 e. The molecule has 0 aromatic heterocycles. The van der Waals surface area contributed by atoms with Gasteiger partial charge in [0.1, 0.15) is 12.6 Å². The minimum absolute atomic E-state index is 0.00865. The maximum atomic E-state index is 12.2. The number of amides is 3. The van der Waals surface area contributed by atoms with E-state index in [0.717, 1.165) is 51.4 Å². The van der Waals surface area contributed by atoms with Crippen molar-refractivity contribution in [3.63, 3.8) is 0 Å². The molecule has 0 aliphatic heterocycles. The summed E-state index contributed by atoms with van der Waals surface area (Å²) in [5, 5.41) is 25.9. The Morgan fingerprint density at radius 3 is 1.54 bits per heavy atom. The van der Waals surface area contributed by atoms with Crippen LogP contribution in [0.1, 0.15) is 103 Å². The number of aliphatic carboxylic acids is 2. The molecule has 0 aromatic rings. The summed E-state index contributed by atoms with van der Waals surface area (Å²) in [4.78, 5) is 58.0. The Kier molecular flexibility index (Phi) is 30.2. The average molecular weight is 662 g/mol. The van der Waals surface area contributed by atoms with E-state index in [-0.39, 0.29) is 76.4 Å².